The maximum Gasteiger partial charge on any atom is 0.177 e. The van der Waals surface area contributed by atoms with Crippen LogP contribution in [0.4, 0.5) is 10.2 Å². The molecular weight excluding hydrogens is 314 g/mol. The number of rotatable bonds is 2. The maximum atomic E-state index is 13.1. The summed E-state index contributed by atoms with van der Waals surface area (Å²) in [6.07, 6.45) is 0. The minimum atomic E-state index is -0.332. The maximum absolute atomic E-state index is 13.1. The van der Waals surface area contributed by atoms with E-state index in [1.165, 1.54) is 12.1 Å². The van der Waals surface area contributed by atoms with E-state index < -0.39 is 0 Å². The molecule has 0 spiro atoms. The van der Waals surface area contributed by atoms with E-state index in [9.17, 15) is 4.39 Å². The highest BCUT2D eigenvalue weighted by Crippen LogP contribution is 2.38. The van der Waals surface area contributed by atoms with Gasteiger partial charge in [-0.3, -0.25) is 0 Å². The molecule has 0 unspecified atom stereocenters. The summed E-state index contributed by atoms with van der Waals surface area (Å²) in [6, 6.07) is 10.9. The van der Waals surface area contributed by atoms with Crippen molar-refractivity contribution in [1.29, 1.82) is 0 Å². The molecular formula is C15H9Cl2FN2O. The van der Waals surface area contributed by atoms with E-state index in [4.69, 9.17) is 33.5 Å². The summed E-state index contributed by atoms with van der Waals surface area (Å²) in [4.78, 5) is 0. The van der Waals surface area contributed by atoms with E-state index in [0.29, 0.717) is 32.5 Å². The molecule has 0 bridgehead atoms. The topological polar surface area (TPSA) is 52.0 Å². The summed E-state index contributed by atoms with van der Waals surface area (Å²) in [7, 11) is 0. The highest BCUT2D eigenvalue weighted by molar-refractivity contribution is 6.35. The van der Waals surface area contributed by atoms with E-state index in [0.717, 1.165) is 0 Å². The number of nitrogens with zero attached hydrogens (tertiary/aromatic N) is 1. The van der Waals surface area contributed by atoms with Gasteiger partial charge in [-0.25, -0.2) is 4.39 Å². The first-order valence-electron chi connectivity index (χ1n) is 6.02. The molecule has 0 saturated heterocycles. The molecule has 3 nitrogen and oxygen atoms in total. The fraction of sp³-hybridized carbons (Fsp3) is 0. The first-order valence-corrected chi connectivity index (χ1v) is 6.78. The van der Waals surface area contributed by atoms with E-state index in [1.807, 2.05) is 0 Å². The van der Waals surface area contributed by atoms with Crippen molar-refractivity contribution < 1.29 is 8.91 Å². The van der Waals surface area contributed by atoms with E-state index in [1.54, 1.807) is 30.3 Å². The van der Waals surface area contributed by atoms with E-state index in [2.05, 4.69) is 5.16 Å². The Morgan fingerprint density at radius 3 is 2.19 bits per heavy atom. The lowest BCUT2D eigenvalue weighted by Gasteiger charge is -2.04. The Hall–Kier alpha value is -2.04. The molecule has 1 aromatic heterocycles. The molecule has 0 amide bonds. The zero-order valence-electron chi connectivity index (χ0n) is 10.6. The molecule has 0 aliphatic heterocycles. The first-order chi connectivity index (χ1) is 10.0. The van der Waals surface area contributed by atoms with Gasteiger partial charge in [-0.05, 0) is 35.9 Å². The van der Waals surface area contributed by atoms with Gasteiger partial charge in [-0.2, -0.15) is 0 Å². The zero-order chi connectivity index (χ0) is 15.0. The number of nitrogen functional groups attached to an aromatic ring is 1. The van der Waals surface area contributed by atoms with E-state index >= 15 is 0 Å². The van der Waals surface area contributed by atoms with Crippen LogP contribution in [0.3, 0.4) is 0 Å². The predicted molar refractivity (Wildman–Crippen MR) is 81.8 cm³/mol. The molecule has 0 radical (unpaired) electrons. The van der Waals surface area contributed by atoms with E-state index in [-0.39, 0.29) is 11.6 Å². The molecule has 21 heavy (non-hydrogen) atoms. The Balaban J connectivity index is 2.19. The van der Waals surface area contributed by atoms with Crippen molar-refractivity contribution >= 4 is 29.0 Å². The smallest absolute Gasteiger partial charge is 0.177 e. The van der Waals surface area contributed by atoms with Crippen molar-refractivity contribution in [1.82, 2.24) is 5.16 Å². The van der Waals surface area contributed by atoms with Gasteiger partial charge in [-0.15, -0.1) is 0 Å². The number of hydrogen-bond donors (Lipinski definition) is 1. The second-order valence-corrected chi connectivity index (χ2v) is 5.31. The second kappa shape index (κ2) is 5.39. The van der Waals surface area contributed by atoms with Crippen LogP contribution in [-0.2, 0) is 0 Å². The van der Waals surface area contributed by atoms with Crippen molar-refractivity contribution in [2.45, 2.75) is 0 Å². The molecule has 0 fully saturated rings. The average Bonchev–Trinajstić information content (AvgIpc) is 2.80. The van der Waals surface area contributed by atoms with Crippen molar-refractivity contribution in [2.75, 3.05) is 5.73 Å². The Labute approximate surface area is 130 Å². The highest BCUT2D eigenvalue weighted by atomic mass is 35.5. The fourth-order valence-corrected chi connectivity index (χ4v) is 2.61. The number of benzene rings is 2. The predicted octanol–water partition coefficient (Wildman–Crippen LogP) is 5.04. The van der Waals surface area contributed by atoms with Crippen LogP contribution in [-0.4, -0.2) is 5.16 Å². The number of anilines is 1. The van der Waals surface area contributed by atoms with Gasteiger partial charge in [0.1, 0.15) is 5.82 Å². The van der Waals surface area contributed by atoms with Crippen LogP contribution in [0.2, 0.25) is 10.0 Å². The van der Waals surface area contributed by atoms with Gasteiger partial charge in [0.2, 0.25) is 0 Å². The van der Waals surface area contributed by atoms with Crippen LogP contribution in [0.5, 0.6) is 0 Å². The molecule has 0 atom stereocenters. The molecule has 3 rings (SSSR count). The summed E-state index contributed by atoms with van der Waals surface area (Å²) in [6.45, 7) is 0. The first kappa shape index (κ1) is 13.9. The van der Waals surface area contributed by atoms with Gasteiger partial charge in [0.05, 0.1) is 5.56 Å². The molecule has 2 N–H and O–H groups in total. The summed E-state index contributed by atoms with van der Waals surface area (Å²) < 4.78 is 18.3. The molecule has 3 aromatic rings. The van der Waals surface area contributed by atoms with Crippen LogP contribution in [0.1, 0.15) is 0 Å². The van der Waals surface area contributed by atoms with Crippen LogP contribution in [0.15, 0.2) is 47.0 Å². The number of halogens is 3. The molecule has 6 heteroatoms. The van der Waals surface area contributed by atoms with Gasteiger partial charge < -0.3 is 10.3 Å². The average molecular weight is 323 g/mol. The molecule has 1 heterocycles. The number of aromatic nitrogens is 1. The summed E-state index contributed by atoms with van der Waals surface area (Å²) >= 11 is 12.0. The van der Waals surface area contributed by atoms with Crippen molar-refractivity contribution in [3.05, 3.63) is 58.3 Å². The summed E-state index contributed by atoms with van der Waals surface area (Å²) in [5.41, 5.74) is 7.78. The minimum absolute atomic E-state index is 0.215. The molecule has 0 aliphatic rings. The molecule has 0 saturated carbocycles. The van der Waals surface area contributed by atoms with Crippen molar-refractivity contribution in [3.8, 4) is 22.5 Å². The molecule has 106 valence electrons. The Kier molecular flexibility index (Phi) is 3.57. The molecule has 2 aromatic carbocycles. The Morgan fingerprint density at radius 1 is 0.952 bits per heavy atom. The number of nitrogens with two attached hydrogens (primary N) is 1. The zero-order valence-corrected chi connectivity index (χ0v) is 12.1. The van der Waals surface area contributed by atoms with Gasteiger partial charge in [0, 0.05) is 15.6 Å². The van der Waals surface area contributed by atoms with Crippen molar-refractivity contribution in [2.24, 2.45) is 0 Å². The SMILES string of the molecule is Nc1noc(-c2cc(Cl)cc(Cl)c2)c1-c1ccc(F)cc1. The third-order valence-corrected chi connectivity index (χ3v) is 3.41. The largest absolute Gasteiger partial charge is 0.380 e. The Bertz CT molecular complexity index is 780. The van der Waals surface area contributed by atoms with Crippen molar-refractivity contribution in [3.63, 3.8) is 0 Å². The third-order valence-electron chi connectivity index (χ3n) is 2.98. The summed E-state index contributed by atoms with van der Waals surface area (Å²) in [5.74, 6) is 0.317. The van der Waals surface area contributed by atoms with Crippen LogP contribution in [0.25, 0.3) is 22.5 Å². The molecule has 0 aliphatic carbocycles. The minimum Gasteiger partial charge on any atom is -0.380 e. The van der Waals surface area contributed by atoms with Gasteiger partial charge in [-0.1, -0.05) is 40.5 Å². The number of hydrogen-bond acceptors (Lipinski definition) is 3. The quantitative estimate of drug-likeness (QED) is 0.719. The van der Waals surface area contributed by atoms with Gasteiger partial charge in [0.25, 0.3) is 0 Å². The fourth-order valence-electron chi connectivity index (χ4n) is 2.08. The third kappa shape index (κ3) is 2.73. The van der Waals surface area contributed by atoms with Crippen LogP contribution >= 0.6 is 23.2 Å². The monoisotopic (exact) mass is 322 g/mol. The lowest BCUT2D eigenvalue weighted by atomic mass is 10.0. The van der Waals surface area contributed by atoms with Crippen LogP contribution < -0.4 is 5.73 Å². The summed E-state index contributed by atoms with van der Waals surface area (Å²) in [5, 5.41) is 4.71. The lowest BCUT2D eigenvalue weighted by Crippen LogP contribution is -1.89. The van der Waals surface area contributed by atoms with Gasteiger partial charge >= 0.3 is 0 Å². The van der Waals surface area contributed by atoms with Gasteiger partial charge in [0.15, 0.2) is 11.6 Å². The second-order valence-electron chi connectivity index (χ2n) is 4.44. The Morgan fingerprint density at radius 2 is 1.57 bits per heavy atom. The normalized spacial score (nSPS) is 10.8. The lowest BCUT2D eigenvalue weighted by molar-refractivity contribution is 0.436. The highest BCUT2D eigenvalue weighted by Gasteiger charge is 2.18. The standard InChI is InChI=1S/C15H9Cl2FN2O/c16-10-5-9(6-11(17)7-10)14-13(15(19)20-21-14)8-1-3-12(18)4-2-8/h1-7H,(H2,19,20). The van der Waals surface area contributed by atoms with Crippen LogP contribution in [0, 0.1) is 5.82 Å².